The number of amides is 3. The van der Waals surface area contributed by atoms with Crippen LogP contribution in [0.5, 0.6) is 0 Å². The number of rotatable bonds is 36. The van der Waals surface area contributed by atoms with E-state index in [2.05, 4.69) is 26.5 Å². The van der Waals surface area contributed by atoms with Crippen LogP contribution in [0.2, 0.25) is 0 Å². The van der Waals surface area contributed by atoms with Gasteiger partial charge in [-0.1, -0.05) is 19.3 Å². The number of unbranched alkanes of at least 4 members (excludes halogenated alkanes) is 2. The largest absolute Gasteiger partial charge is 0.508 e. The number of guanidine groups is 2. The second-order valence-electron chi connectivity index (χ2n) is 18.2. The molecule has 4 rings (SSSR count). The standard InChI is InChI=1S/C50H75N9O23/c1-6-15-70-19-21-73-23-24-74-22-20-71-16-11-37(61)59(13-9-7-8-10-38(62)81-41(35-27-75-49(66)79-35)40-29(2)31(57-46(51)52)25-33(77-40)44(63)68-4)14-18-72-17-12-55-48(65)82-42(36-28-76-50(67)80-36)43-39(56-30(3)60)32(58-47(53)54)26-34(78-43)45(64)69-5/h1,25-26,29,31-32,35-36,39-43H,7-24,27-28H2,2-5H3,(H,55,65)(H,56,60)(H4,51,52,57)(H4,53,54,58)/t29-,31+,32+,35-,36-,39-,40-,41-,42-,43+/m1/s1. The molecule has 0 aromatic rings. The molecule has 0 radical (unpaired) electrons. The summed E-state index contributed by atoms with van der Waals surface area (Å²) in [4.78, 5) is 112. The smallest absolute Gasteiger partial charge is 0.479 e. The van der Waals surface area contributed by atoms with Gasteiger partial charge in [0.1, 0.15) is 25.9 Å². The highest BCUT2D eigenvalue weighted by molar-refractivity contribution is 5.87. The number of hydrogen-bond donors (Lipinski definition) is 6. The van der Waals surface area contributed by atoms with Gasteiger partial charge < -0.3 is 110 Å². The summed E-state index contributed by atoms with van der Waals surface area (Å²) in [6.07, 6.45) is -2.05. The maximum atomic E-state index is 13.6. The third-order valence-corrected chi connectivity index (χ3v) is 12.3. The van der Waals surface area contributed by atoms with Crippen molar-refractivity contribution in [1.82, 2.24) is 15.5 Å². The zero-order chi connectivity index (χ0) is 60.0. The van der Waals surface area contributed by atoms with Gasteiger partial charge in [0.2, 0.25) is 23.3 Å². The number of alkyl carbamates (subject to hydrolysis) is 1. The molecule has 4 aliphatic heterocycles. The Hall–Kier alpha value is -7.86. The van der Waals surface area contributed by atoms with Gasteiger partial charge in [0, 0.05) is 38.9 Å². The van der Waals surface area contributed by atoms with Gasteiger partial charge in [-0.3, -0.25) is 14.4 Å². The van der Waals surface area contributed by atoms with Crippen molar-refractivity contribution in [3.63, 3.8) is 0 Å². The Balaban J connectivity index is 1.33. The number of cyclic esters (lactones) is 4. The van der Waals surface area contributed by atoms with E-state index in [-0.39, 0.29) is 96.3 Å². The van der Waals surface area contributed by atoms with E-state index in [9.17, 15) is 38.4 Å². The van der Waals surface area contributed by atoms with E-state index in [0.717, 1.165) is 14.2 Å². The minimum atomic E-state index is -1.54. The van der Waals surface area contributed by atoms with Crippen molar-refractivity contribution in [2.24, 2.45) is 38.8 Å². The molecule has 0 aromatic heterocycles. The van der Waals surface area contributed by atoms with Gasteiger partial charge in [0.05, 0.1) is 98.2 Å². The van der Waals surface area contributed by atoms with Crippen molar-refractivity contribution >= 4 is 60.0 Å². The van der Waals surface area contributed by atoms with Crippen molar-refractivity contribution in [2.75, 3.05) is 113 Å². The average molecular weight is 1170 g/mol. The first-order valence-corrected chi connectivity index (χ1v) is 26.1. The number of esters is 3. The zero-order valence-electron chi connectivity index (χ0n) is 46.2. The van der Waals surface area contributed by atoms with Crippen LogP contribution in [-0.4, -0.2) is 233 Å². The topological polar surface area (TPSA) is 431 Å². The SMILES string of the molecule is C#CCOCCOCCOCCOCCC(=O)N(CCCCCC(=O)O[C@@H]([C@@H]1OC(C(=O)OC)=C[C@H](N=C(N)N)[C@H]1C)[C@H]1COC(=O)O1)CCOCCNC(=O)O[C@@H]([C@H]1OC(C(=O)OC)=C[C@H](N=C(N)N)[C@H]1NC(C)=O)[C@H]1COC(=O)O1. The first-order valence-electron chi connectivity index (χ1n) is 26.1. The monoisotopic (exact) mass is 1170 g/mol. The molecule has 0 aromatic carbocycles. The van der Waals surface area contributed by atoms with Crippen molar-refractivity contribution in [3.05, 3.63) is 23.7 Å². The van der Waals surface area contributed by atoms with E-state index in [1.807, 2.05) is 0 Å². The lowest BCUT2D eigenvalue weighted by atomic mass is 9.87. The molecule has 32 heteroatoms. The summed E-state index contributed by atoms with van der Waals surface area (Å²) in [6.45, 7) is 4.49. The van der Waals surface area contributed by atoms with Crippen LogP contribution in [0.15, 0.2) is 33.7 Å². The Morgan fingerprint density at radius 2 is 1.22 bits per heavy atom. The predicted octanol–water partition coefficient (Wildman–Crippen LogP) is -2.10. The molecule has 82 heavy (non-hydrogen) atoms. The molecule has 0 spiro atoms. The van der Waals surface area contributed by atoms with E-state index in [1.54, 1.807) is 11.8 Å². The van der Waals surface area contributed by atoms with Crippen LogP contribution in [0.4, 0.5) is 14.4 Å². The molecule has 2 fully saturated rings. The Labute approximate surface area is 472 Å². The van der Waals surface area contributed by atoms with Crippen molar-refractivity contribution in [3.8, 4) is 12.3 Å². The molecule has 0 unspecified atom stereocenters. The van der Waals surface area contributed by atoms with Crippen LogP contribution in [-0.2, 0) is 95.0 Å². The molecule has 0 aliphatic carbocycles. The summed E-state index contributed by atoms with van der Waals surface area (Å²) in [5, 5.41) is 5.15. The van der Waals surface area contributed by atoms with Gasteiger partial charge >= 0.3 is 36.3 Å². The molecular formula is C50H75N9O23. The molecular weight excluding hydrogens is 1090 g/mol. The molecule has 458 valence electrons. The van der Waals surface area contributed by atoms with Crippen molar-refractivity contribution in [1.29, 1.82) is 0 Å². The van der Waals surface area contributed by atoms with Crippen molar-refractivity contribution < 1.29 is 109 Å². The molecule has 4 aliphatic rings. The van der Waals surface area contributed by atoms with Crippen LogP contribution in [0.25, 0.3) is 0 Å². The lowest BCUT2D eigenvalue weighted by Gasteiger charge is -2.39. The van der Waals surface area contributed by atoms with Gasteiger partial charge in [-0.15, -0.1) is 6.42 Å². The Morgan fingerprint density at radius 3 is 1.77 bits per heavy atom. The predicted molar refractivity (Wildman–Crippen MR) is 279 cm³/mol. The summed E-state index contributed by atoms with van der Waals surface area (Å²) in [7, 11) is 2.24. The molecule has 10 N–H and O–H groups in total. The maximum absolute atomic E-state index is 13.6. The number of nitrogens with two attached hydrogens (primary N) is 4. The lowest BCUT2D eigenvalue weighted by Crippen LogP contribution is -2.61. The summed E-state index contributed by atoms with van der Waals surface area (Å²) in [5.74, 6) is -2.91. The van der Waals surface area contributed by atoms with E-state index >= 15 is 0 Å². The van der Waals surface area contributed by atoms with Crippen LogP contribution >= 0.6 is 0 Å². The van der Waals surface area contributed by atoms with Crippen LogP contribution in [0, 0.1) is 18.3 Å². The highest BCUT2D eigenvalue weighted by Gasteiger charge is 2.51. The molecule has 0 saturated carbocycles. The molecule has 10 atom stereocenters. The fraction of sp³-hybridized carbons (Fsp3) is 0.680. The first-order chi connectivity index (χ1) is 39.3. The number of carbonyl (C=O) groups excluding carboxylic acids is 8. The summed E-state index contributed by atoms with van der Waals surface area (Å²) >= 11 is 0. The highest BCUT2D eigenvalue weighted by Crippen LogP contribution is 2.33. The molecule has 0 bridgehead atoms. The number of hydrogen-bond acceptors (Lipinski definition) is 25. The minimum absolute atomic E-state index is 0.00947. The number of ether oxygens (including phenoxy) is 15. The minimum Gasteiger partial charge on any atom is -0.479 e. The number of terminal acetylenes is 1. The van der Waals surface area contributed by atoms with E-state index in [1.165, 1.54) is 19.1 Å². The van der Waals surface area contributed by atoms with E-state index in [0.29, 0.717) is 45.7 Å². The zero-order valence-corrected chi connectivity index (χ0v) is 46.2. The molecule has 4 heterocycles. The lowest BCUT2D eigenvalue weighted by molar-refractivity contribution is -0.171. The maximum Gasteiger partial charge on any atom is 0.508 e. The fourth-order valence-electron chi connectivity index (χ4n) is 8.41. The number of nitrogens with zero attached hydrogens (tertiary/aromatic N) is 3. The van der Waals surface area contributed by atoms with Gasteiger partial charge in [0.15, 0.2) is 42.4 Å². The second kappa shape index (κ2) is 35.8. The van der Waals surface area contributed by atoms with Gasteiger partial charge in [-0.05, 0) is 25.0 Å². The first kappa shape index (κ1) is 66.7. The Morgan fingerprint density at radius 1 is 0.683 bits per heavy atom. The normalized spacial score (nSPS) is 22.4. The number of aliphatic imine (C=N–C) groups is 2. The fourth-order valence-corrected chi connectivity index (χ4v) is 8.41. The van der Waals surface area contributed by atoms with Gasteiger partial charge in [-0.25, -0.2) is 34.0 Å². The van der Waals surface area contributed by atoms with Crippen LogP contribution in [0.3, 0.4) is 0 Å². The molecule has 3 amide bonds. The highest BCUT2D eigenvalue weighted by atomic mass is 16.8. The number of nitrogens with one attached hydrogen (secondary N) is 2. The number of carbonyl (C=O) groups is 8. The van der Waals surface area contributed by atoms with Gasteiger partial charge in [0.25, 0.3) is 0 Å². The molecule has 2 saturated heterocycles. The van der Waals surface area contributed by atoms with E-state index in [4.69, 9.17) is 100 Å². The van der Waals surface area contributed by atoms with Crippen molar-refractivity contribution in [2.45, 2.75) is 101 Å². The average Bonchev–Trinajstić information content (AvgIpc) is 4.25. The van der Waals surface area contributed by atoms with Gasteiger partial charge in [-0.2, -0.15) is 0 Å². The van der Waals surface area contributed by atoms with E-state index < -0.39 is 121 Å². The summed E-state index contributed by atoms with van der Waals surface area (Å²) < 4.78 is 81.0. The third-order valence-electron chi connectivity index (χ3n) is 12.3. The quantitative estimate of drug-likeness (QED) is 0.00977. The second-order valence-corrected chi connectivity index (χ2v) is 18.2. The Bertz CT molecular complexity index is 2310. The third kappa shape index (κ3) is 22.9. The summed E-state index contributed by atoms with van der Waals surface area (Å²) in [6, 6.07) is -3.15. The molecule has 32 nitrogen and oxygen atoms in total. The number of methoxy groups -OCH3 is 2. The Kier molecular flexibility index (Phi) is 29.1. The summed E-state index contributed by atoms with van der Waals surface area (Å²) in [5.41, 5.74) is 22.6. The van der Waals surface area contributed by atoms with Crippen LogP contribution < -0.4 is 33.6 Å². The van der Waals surface area contributed by atoms with Crippen LogP contribution in [0.1, 0.15) is 46.0 Å².